The Bertz CT molecular complexity index is 701. The van der Waals surface area contributed by atoms with Crippen LogP contribution in [-0.4, -0.2) is 43.9 Å². The van der Waals surface area contributed by atoms with Crippen LogP contribution in [0.25, 0.3) is 0 Å². The van der Waals surface area contributed by atoms with Crippen molar-refractivity contribution in [1.82, 2.24) is 24.9 Å². The predicted molar refractivity (Wildman–Crippen MR) is 79.4 cm³/mol. The number of carbonyl (C=O) groups is 1. The van der Waals surface area contributed by atoms with E-state index in [0.717, 1.165) is 23.2 Å². The highest BCUT2D eigenvalue weighted by molar-refractivity contribution is 5.92. The van der Waals surface area contributed by atoms with Crippen LogP contribution in [0.4, 0.5) is 8.78 Å². The molecule has 8 heteroatoms. The molecule has 1 fully saturated rings. The van der Waals surface area contributed by atoms with E-state index >= 15 is 0 Å². The first-order valence-electron chi connectivity index (χ1n) is 7.58. The van der Waals surface area contributed by atoms with Crippen LogP contribution in [0.15, 0.2) is 12.3 Å². The SMILES string of the molecule is Cc1[nH]ncc1C1CCN(C(=O)c2cc(C(F)F)n(C)n2)CC1. The number of aromatic nitrogens is 4. The summed E-state index contributed by atoms with van der Waals surface area (Å²) in [5, 5.41) is 10.9. The number of rotatable bonds is 3. The van der Waals surface area contributed by atoms with Crippen molar-refractivity contribution in [3.63, 3.8) is 0 Å². The van der Waals surface area contributed by atoms with E-state index in [-0.39, 0.29) is 17.3 Å². The zero-order chi connectivity index (χ0) is 16.6. The lowest BCUT2D eigenvalue weighted by atomic mass is 9.90. The van der Waals surface area contributed by atoms with E-state index in [1.165, 1.54) is 18.7 Å². The first-order chi connectivity index (χ1) is 11.0. The number of amides is 1. The molecule has 0 radical (unpaired) electrons. The van der Waals surface area contributed by atoms with Crippen LogP contribution in [0.2, 0.25) is 0 Å². The third kappa shape index (κ3) is 2.97. The molecule has 0 saturated carbocycles. The number of aryl methyl sites for hydroxylation is 2. The minimum absolute atomic E-state index is 0.0840. The number of nitrogens with zero attached hydrogens (tertiary/aromatic N) is 4. The maximum atomic E-state index is 12.8. The Morgan fingerprint density at radius 1 is 1.39 bits per heavy atom. The molecule has 2 aromatic heterocycles. The minimum atomic E-state index is -2.64. The maximum absolute atomic E-state index is 12.8. The molecule has 1 aliphatic heterocycles. The molecule has 0 bridgehead atoms. The summed E-state index contributed by atoms with van der Waals surface area (Å²) in [6, 6.07) is 1.18. The van der Waals surface area contributed by atoms with Gasteiger partial charge >= 0.3 is 0 Å². The number of aromatic amines is 1. The van der Waals surface area contributed by atoms with Crippen molar-refractivity contribution < 1.29 is 13.6 Å². The van der Waals surface area contributed by atoms with Gasteiger partial charge in [0.05, 0.1) is 6.20 Å². The third-order valence-electron chi connectivity index (χ3n) is 4.45. The van der Waals surface area contributed by atoms with E-state index in [1.807, 2.05) is 13.1 Å². The van der Waals surface area contributed by atoms with Gasteiger partial charge < -0.3 is 4.90 Å². The molecular formula is C15H19F2N5O. The summed E-state index contributed by atoms with van der Waals surface area (Å²) in [7, 11) is 1.42. The molecular weight excluding hydrogens is 304 g/mol. The zero-order valence-corrected chi connectivity index (χ0v) is 13.1. The van der Waals surface area contributed by atoms with Crippen molar-refractivity contribution in [2.24, 2.45) is 7.05 Å². The molecule has 124 valence electrons. The van der Waals surface area contributed by atoms with Crippen LogP contribution in [0.5, 0.6) is 0 Å². The largest absolute Gasteiger partial charge is 0.337 e. The van der Waals surface area contributed by atoms with Crippen LogP contribution in [0, 0.1) is 6.92 Å². The Hall–Kier alpha value is -2.25. The molecule has 0 unspecified atom stereocenters. The van der Waals surface area contributed by atoms with Gasteiger partial charge in [0, 0.05) is 25.8 Å². The highest BCUT2D eigenvalue weighted by atomic mass is 19.3. The Kier molecular flexibility index (Phi) is 4.14. The molecule has 1 aliphatic rings. The summed E-state index contributed by atoms with van der Waals surface area (Å²) in [6.07, 6.45) is 0.871. The molecule has 23 heavy (non-hydrogen) atoms. The van der Waals surface area contributed by atoms with Gasteiger partial charge in [-0.3, -0.25) is 14.6 Å². The third-order valence-corrected chi connectivity index (χ3v) is 4.45. The number of carbonyl (C=O) groups excluding carboxylic acids is 1. The molecule has 6 nitrogen and oxygen atoms in total. The molecule has 0 aromatic carbocycles. The molecule has 3 rings (SSSR count). The summed E-state index contributed by atoms with van der Waals surface area (Å²) in [4.78, 5) is 14.1. The van der Waals surface area contributed by atoms with Crippen LogP contribution in [0.1, 0.15) is 52.6 Å². The van der Waals surface area contributed by atoms with Gasteiger partial charge in [0.15, 0.2) is 5.69 Å². The van der Waals surface area contributed by atoms with E-state index in [1.54, 1.807) is 4.90 Å². The quantitative estimate of drug-likeness (QED) is 0.943. The standard InChI is InChI=1S/C15H19F2N5O/c1-9-11(8-18-19-9)10-3-5-22(6-4-10)15(23)12-7-13(14(16)17)21(2)20-12/h7-8,10,14H,3-6H2,1-2H3,(H,18,19). The number of alkyl halides is 2. The first-order valence-corrected chi connectivity index (χ1v) is 7.58. The number of hydrogen-bond donors (Lipinski definition) is 1. The van der Waals surface area contributed by atoms with E-state index < -0.39 is 6.43 Å². The Labute approximate surface area is 132 Å². The zero-order valence-electron chi connectivity index (χ0n) is 13.1. The van der Waals surface area contributed by atoms with Crippen molar-refractivity contribution in [1.29, 1.82) is 0 Å². The number of halogens is 2. The normalized spacial score (nSPS) is 16.3. The second-order valence-corrected chi connectivity index (χ2v) is 5.90. The molecule has 3 heterocycles. The monoisotopic (exact) mass is 323 g/mol. The van der Waals surface area contributed by atoms with E-state index in [9.17, 15) is 13.6 Å². The lowest BCUT2D eigenvalue weighted by Gasteiger charge is -2.31. The van der Waals surface area contributed by atoms with Crippen molar-refractivity contribution in [3.05, 3.63) is 34.9 Å². The number of likely N-dealkylation sites (tertiary alicyclic amines) is 1. The van der Waals surface area contributed by atoms with Crippen molar-refractivity contribution in [2.75, 3.05) is 13.1 Å². The second kappa shape index (κ2) is 6.10. The van der Waals surface area contributed by atoms with E-state index in [4.69, 9.17) is 0 Å². The number of hydrogen-bond acceptors (Lipinski definition) is 3. The van der Waals surface area contributed by atoms with Gasteiger partial charge in [0.1, 0.15) is 5.69 Å². The van der Waals surface area contributed by atoms with Gasteiger partial charge in [0.25, 0.3) is 12.3 Å². The maximum Gasteiger partial charge on any atom is 0.280 e. The summed E-state index contributed by atoms with van der Waals surface area (Å²) in [5.41, 5.74) is 2.09. The molecule has 0 atom stereocenters. The fourth-order valence-electron chi connectivity index (χ4n) is 3.12. The topological polar surface area (TPSA) is 66.8 Å². The average molecular weight is 323 g/mol. The van der Waals surface area contributed by atoms with Crippen LogP contribution >= 0.6 is 0 Å². The van der Waals surface area contributed by atoms with Crippen LogP contribution < -0.4 is 0 Å². The van der Waals surface area contributed by atoms with E-state index in [2.05, 4.69) is 15.3 Å². The summed E-state index contributed by atoms with van der Waals surface area (Å²) < 4.78 is 26.7. The highest BCUT2D eigenvalue weighted by Gasteiger charge is 2.28. The summed E-state index contributed by atoms with van der Waals surface area (Å²) in [6.45, 7) is 3.17. The predicted octanol–water partition coefficient (Wildman–Crippen LogP) is 2.41. The van der Waals surface area contributed by atoms with Gasteiger partial charge in [-0.25, -0.2) is 8.78 Å². The van der Waals surface area contributed by atoms with Crippen molar-refractivity contribution in [2.45, 2.75) is 32.1 Å². The average Bonchev–Trinajstić information content (AvgIpc) is 3.12. The fraction of sp³-hybridized carbons (Fsp3) is 0.533. The van der Waals surface area contributed by atoms with Gasteiger partial charge in [-0.2, -0.15) is 10.2 Å². The Morgan fingerprint density at radius 2 is 2.09 bits per heavy atom. The second-order valence-electron chi connectivity index (χ2n) is 5.90. The Morgan fingerprint density at radius 3 is 2.61 bits per heavy atom. The molecule has 0 spiro atoms. The summed E-state index contributed by atoms with van der Waals surface area (Å²) in [5.74, 6) is 0.0908. The van der Waals surface area contributed by atoms with Crippen molar-refractivity contribution in [3.8, 4) is 0 Å². The van der Waals surface area contributed by atoms with Crippen LogP contribution in [0.3, 0.4) is 0 Å². The molecule has 1 amide bonds. The highest BCUT2D eigenvalue weighted by Crippen LogP contribution is 2.30. The first kappa shape index (κ1) is 15.6. The molecule has 2 aromatic rings. The van der Waals surface area contributed by atoms with Gasteiger partial charge in [0.2, 0.25) is 0 Å². The Balaban J connectivity index is 1.66. The van der Waals surface area contributed by atoms with E-state index in [0.29, 0.717) is 19.0 Å². The molecule has 0 aliphatic carbocycles. The van der Waals surface area contributed by atoms with Crippen LogP contribution in [-0.2, 0) is 7.05 Å². The fourth-order valence-corrected chi connectivity index (χ4v) is 3.12. The lowest BCUT2D eigenvalue weighted by Crippen LogP contribution is -2.38. The number of H-pyrrole nitrogens is 1. The molecule has 1 saturated heterocycles. The lowest BCUT2D eigenvalue weighted by molar-refractivity contribution is 0.0706. The van der Waals surface area contributed by atoms with Gasteiger partial charge in [-0.05, 0) is 37.3 Å². The van der Waals surface area contributed by atoms with Crippen molar-refractivity contribution >= 4 is 5.91 Å². The number of piperidine rings is 1. The van der Waals surface area contributed by atoms with Gasteiger partial charge in [-0.15, -0.1) is 0 Å². The summed E-state index contributed by atoms with van der Waals surface area (Å²) >= 11 is 0. The minimum Gasteiger partial charge on any atom is -0.337 e. The van der Waals surface area contributed by atoms with Gasteiger partial charge in [-0.1, -0.05) is 0 Å². The molecule has 1 N–H and O–H groups in total. The number of nitrogens with one attached hydrogen (secondary N) is 1. The smallest absolute Gasteiger partial charge is 0.280 e.